The minimum Gasteiger partial charge on any atom is -0.468 e. The van der Waals surface area contributed by atoms with Crippen LogP contribution in [0.5, 0.6) is 0 Å². The van der Waals surface area contributed by atoms with Crippen molar-refractivity contribution in [1.82, 2.24) is 10.2 Å². The van der Waals surface area contributed by atoms with Crippen molar-refractivity contribution in [2.75, 3.05) is 33.9 Å². The summed E-state index contributed by atoms with van der Waals surface area (Å²) in [5.74, 6) is -0.772. The van der Waals surface area contributed by atoms with Crippen LogP contribution in [0.2, 0.25) is 0 Å². The van der Waals surface area contributed by atoms with Gasteiger partial charge in [-0.05, 0) is 19.3 Å². The summed E-state index contributed by atoms with van der Waals surface area (Å²) in [6, 6.07) is -0.629. The first-order valence-electron chi connectivity index (χ1n) is 6.97. The maximum atomic E-state index is 12.0. The van der Waals surface area contributed by atoms with Crippen LogP contribution in [0.25, 0.3) is 0 Å². The molecule has 0 aromatic heterocycles. The Morgan fingerprint density at radius 2 is 1.48 bits per heavy atom. The highest BCUT2D eigenvalue weighted by Crippen LogP contribution is 2.02. The first kappa shape index (κ1) is 19.4. The van der Waals surface area contributed by atoms with Crippen LogP contribution in [0.3, 0.4) is 0 Å². The van der Waals surface area contributed by atoms with Gasteiger partial charge in [0.1, 0.15) is 0 Å². The number of nitrogens with one attached hydrogen (secondary N) is 1. The first-order valence-corrected chi connectivity index (χ1v) is 6.97. The average molecular weight is 302 g/mol. The molecule has 0 fully saturated rings. The van der Waals surface area contributed by atoms with E-state index in [1.165, 1.54) is 19.1 Å². The second-order valence-corrected chi connectivity index (χ2v) is 5.21. The molecule has 1 atom stereocenters. The molecule has 1 amide bonds. The number of nitrogens with zero attached hydrogens (tertiary/aromatic N) is 1. The van der Waals surface area contributed by atoms with Crippen LogP contribution < -0.4 is 5.32 Å². The minimum atomic E-state index is -0.629. The van der Waals surface area contributed by atoms with Gasteiger partial charge in [0.15, 0.2) is 0 Å². The summed E-state index contributed by atoms with van der Waals surface area (Å²) in [5.41, 5.74) is 0. The quantitative estimate of drug-likeness (QED) is 0.612. The Kier molecular flexibility index (Phi) is 9.36. The van der Waals surface area contributed by atoms with Gasteiger partial charge in [0.25, 0.3) is 0 Å². The molecule has 0 spiro atoms. The van der Waals surface area contributed by atoms with Crippen molar-refractivity contribution in [1.29, 1.82) is 0 Å². The normalized spacial score (nSPS) is 12.1. The standard InChI is InChI=1S/C14H26N2O5/c1-10(2)6-7-15-14(19)11(3)16(8-12(17)20-4)9-13(18)21-5/h10-11H,6-9H2,1-5H3,(H,15,19). The van der Waals surface area contributed by atoms with E-state index in [1.54, 1.807) is 6.92 Å². The molecule has 1 unspecified atom stereocenters. The summed E-state index contributed by atoms with van der Waals surface area (Å²) in [4.78, 5) is 36.2. The molecular formula is C14H26N2O5. The van der Waals surface area contributed by atoms with Crippen molar-refractivity contribution in [3.8, 4) is 0 Å². The zero-order valence-corrected chi connectivity index (χ0v) is 13.5. The van der Waals surface area contributed by atoms with Gasteiger partial charge < -0.3 is 14.8 Å². The molecule has 0 bridgehead atoms. The molecule has 7 heteroatoms. The van der Waals surface area contributed by atoms with Gasteiger partial charge >= 0.3 is 11.9 Å². The zero-order valence-electron chi connectivity index (χ0n) is 13.5. The van der Waals surface area contributed by atoms with Crippen LogP contribution >= 0.6 is 0 Å². The van der Waals surface area contributed by atoms with Crippen LogP contribution in [0.4, 0.5) is 0 Å². The minimum absolute atomic E-state index is 0.148. The molecule has 0 aliphatic rings. The van der Waals surface area contributed by atoms with E-state index in [0.29, 0.717) is 12.5 Å². The fraction of sp³-hybridized carbons (Fsp3) is 0.786. The van der Waals surface area contributed by atoms with Gasteiger partial charge in [-0.3, -0.25) is 19.3 Å². The maximum Gasteiger partial charge on any atom is 0.319 e. The molecule has 0 saturated heterocycles. The Morgan fingerprint density at radius 1 is 1.00 bits per heavy atom. The predicted molar refractivity (Wildman–Crippen MR) is 77.5 cm³/mol. The zero-order chi connectivity index (χ0) is 16.4. The van der Waals surface area contributed by atoms with Gasteiger partial charge in [-0.15, -0.1) is 0 Å². The van der Waals surface area contributed by atoms with Crippen molar-refractivity contribution in [2.45, 2.75) is 33.2 Å². The van der Waals surface area contributed by atoms with E-state index in [4.69, 9.17) is 0 Å². The number of rotatable bonds is 9. The van der Waals surface area contributed by atoms with Gasteiger partial charge in [0.2, 0.25) is 5.91 Å². The SMILES string of the molecule is COC(=O)CN(CC(=O)OC)C(C)C(=O)NCCC(C)C. The van der Waals surface area contributed by atoms with Crippen molar-refractivity contribution in [2.24, 2.45) is 5.92 Å². The van der Waals surface area contributed by atoms with E-state index in [9.17, 15) is 14.4 Å². The number of carbonyl (C=O) groups is 3. The molecule has 0 aromatic carbocycles. The molecule has 0 rings (SSSR count). The smallest absolute Gasteiger partial charge is 0.319 e. The van der Waals surface area contributed by atoms with Gasteiger partial charge in [0, 0.05) is 6.54 Å². The van der Waals surface area contributed by atoms with Gasteiger partial charge in [-0.25, -0.2) is 0 Å². The molecule has 122 valence electrons. The van der Waals surface area contributed by atoms with Crippen molar-refractivity contribution < 1.29 is 23.9 Å². The highest BCUT2D eigenvalue weighted by molar-refractivity contribution is 5.83. The van der Waals surface area contributed by atoms with Crippen LogP contribution in [-0.4, -0.2) is 62.6 Å². The lowest BCUT2D eigenvalue weighted by Gasteiger charge is -2.26. The first-order chi connectivity index (χ1) is 9.81. The lowest BCUT2D eigenvalue weighted by atomic mass is 10.1. The lowest BCUT2D eigenvalue weighted by Crippen LogP contribution is -2.49. The van der Waals surface area contributed by atoms with Crippen LogP contribution in [-0.2, 0) is 23.9 Å². The van der Waals surface area contributed by atoms with E-state index < -0.39 is 18.0 Å². The van der Waals surface area contributed by atoms with Crippen molar-refractivity contribution >= 4 is 17.8 Å². The summed E-state index contributed by atoms with van der Waals surface area (Å²) in [5, 5.41) is 2.79. The third-order valence-electron chi connectivity index (χ3n) is 3.07. The lowest BCUT2D eigenvalue weighted by molar-refractivity contribution is -0.147. The molecule has 0 aliphatic heterocycles. The second-order valence-electron chi connectivity index (χ2n) is 5.21. The van der Waals surface area contributed by atoms with Crippen molar-refractivity contribution in [3.63, 3.8) is 0 Å². The number of hydrogen-bond donors (Lipinski definition) is 1. The monoisotopic (exact) mass is 302 g/mol. The number of esters is 2. The summed E-state index contributed by atoms with van der Waals surface area (Å²) >= 11 is 0. The summed E-state index contributed by atoms with van der Waals surface area (Å²) in [7, 11) is 2.51. The Hall–Kier alpha value is -1.63. The molecule has 0 heterocycles. The molecule has 0 radical (unpaired) electrons. The number of ether oxygens (including phenoxy) is 2. The molecule has 7 nitrogen and oxygen atoms in total. The summed E-state index contributed by atoms with van der Waals surface area (Å²) in [6.07, 6.45) is 0.868. The van der Waals surface area contributed by atoms with Gasteiger partial charge in [0.05, 0.1) is 33.4 Å². The van der Waals surface area contributed by atoms with Gasteiger partial charge in [-0.1, -0.05) is 13.8 Å². The van der Waals surface area contributed by atoms with Crippen LogP contribution in [0, 0.1) is 5.92 Å². The third kappa shape index (κ3) is 8.29. The molecule has 1 N–H and O–H groups in total. The highest BCUT2D eigenvalue weighted by Gasteiger charge is 2.25. The van der Waals surface area contributed by atoms with E-state index >= 15 is 0 Å². The number of carbonyl (C=O) groups excluding carboxylic acids is 3. The molecule has 0 saturated carbocycles. The Bertz CT molecular complexity index is 339. The number of methoxy groups -OCH3 is 2. The number of amides is 1. The molecular weight excluding hydrogens is 276 g/mol. The highest BCUT2D eigenvalue weighted by atomic mass is 16.5. The molecule has 21 heavy (non-hydrogen) atoms. The fourth-order valence-corrected chi connectivity index (χ4v) is 1.59. The Balaban J connectivity index is 4.60. The Labute approximate surface area is 126 Å². The van der Waals surface area contributed by atoms with E-state index in [0.717, 1.165) is 6.42 Å². The number of hydrogen-bond acceptors (Lipinski definition) is 6. The van der Waals surface area contributed by atoms with Crippen LogP contribution in [0.1, 0.15) is 27.2 Å². The van der Waals surface area contributed by atoms with E-state index in [-0.39, 0.29) is 19.0 Å². The van der Waals surface area contributed by atoms with Gasteiger partial charge in [-0.2, -0.15) is 0 Å². The fourth-order valence-electron chi connectivity index (χ4n) is 1.59. The summed E-state index contributed by atoms with van der Waals surface area (Å²) < 4.78 is 9.15. The predicted octanol–water partition coefficient (Wildman–Crippen LogP) is 0.185. The molecule has 0 aliphatic carbocycles. The Morgan fingerprint density at radius 3 is 1.86 bits per heavy atom. The maximum absolute atomic E-state index is 12.0. The van der Waals surface area contributed by atoms with Crippen molar-refractivity contribution in [3.05, 3.63) is 0 Å². The van der Waals surface area contributed by atoms with Crippen LogP contribution in [0.15, 0.2) is 0 Å². The molecule has 0 aromatic rings. The third-order valence-corrected chi connectivity index (χ3v) is 3.07. The van der Waals surface area contributed by atoms with E-state index in [1.807, 2.05) is 0 Å². The average Bonchev–Trinajstić information content (AvgIpc) is 2.44. The second kappa shape index (κ2) is 10.1. The topological polar surface area (TPSA) is 84.9 Å². The van der Waals surface area contributed by atoms with E-state index in [2.05, 4.69) is 28.6 Å². The summed E-state index contributed by atoms with van der Waals surface area (Å²) in [6.45, 7) is 6.03. The largest absolute Gasteiger partial charge is 0.468 e.